The number of aromatic nitrogens is 2. The summed E-state index contributed by atoms with van der Waals surface area (Å²) in [4.78, 5) is 17.0. The molecule has 0 atom stereocenters. The lowest BCUT2D eigenvalue weighted by atomic mass is 10.1. The quantitative estimate of drug-likeness (QED) is 0.696. The van der Waals surface area contributed by atoms with Crippen molar-refractivity contribution in [2.45, 2.75) is 33.6 Å². The van der Waals surface area contributed by atoms with Gasteiger partial charge in [0.2, 0.25) is 0 Å². The highest BCUT2D eigenvalue weighted by Crippen LogP contribution is 2.06. The van der Waals surface area contributed by atoms with E-state index in [4.69, 9.17) is 0 Å². The molecule has 0 saturated heterocycles. The van der Waals surface area contributed by atoms with E-state index in [0.29, 0.717) is 5.92 Å². The maximum absolute atomic E-state index is 10.5. The van der Waals surface area contributed by atoms with E-state index in [1.807, 2.05) is 27.7 Å². The molecule has 1 aromatic heterocycles. The van der Waals surface area contributed by atoms with E-state index in [1.165, 1.54) is 6.20 Å². The summed E-state index contributed by atoms with van der Waals surface area (Å²) in [5.74, 6) is 0.372. The summed E-state index contributed by atoms with van der Waals surface area (Å²) in [6.45, 7) is 8.06. The van der Waals surface area contributed by atoms with Gasteiger partial charge < -0.3 is 4.98 Å². The Labute approximate surface area is 72.9 Å². The SMILES string of the molecule is CC.CC(C)c1c[nH]c(=O)cn1. The molecule has 0 aliphatic heterocycles. The van der Waals surface area contributed by atoms with Gasteiger partial charge in [0.05, 0.1) is 11.9 Å². The van der Waals surface area contributed by atoms with Crippen LogP contribution in [0.4, 0.5) is 0 Å². The average Bonchev–Trinajstić information content (AvgIpc) is 2.09. The molecular formula is C9H16N2O. The number of aromatic amines is 1. The summed E-state index contributed by atoms with van der Waals surface area (Å²) < 4.78 is 0. The molecule has 0 aromatic carbocycles. The van der Waals surface area contributed by atoms with Crippen molar-refractivity contribution in [2.75, 3.05) is 0 Å². The molecule has 3 nitrogen and oxygen atoms in total. The second-order valence-corrected chi connectivity index (χ2v) is 2.49. The molecule has 0 bridgehead atoms. The van der Waals surface area contributed by atoms with E-state index >= 15 is 0 Å². The summed E-state index contributed by atoms with van der Waals surface area (Å²) >= 11 is 0. The van der Waals surface area contributed by atoms with Crippen LogP contribution in [0.3, 0.4) is 0 Å². The van der Waals surface area contributed by atoms with Crippen LogP contribution in [0.25, 0.3) is 0 Å². The lowest BCUT2D eigenvalue weighted by Crippen LogP contribution is -2.06. The number of nitrogens with zero attached hydrogens (tertiary/aromatic N) is 1. The first-order valence-corrected chi connectivity index (χ1v) is 4.25. The van der Waals surface area contributed by atoms with Crippen LogP contribution in [0.2, 0.25) is 0 Å². The third-order valence-corrected chi connectivity index (χ3v) is 1.28. The smallest absolute Gasteiger partial charge is 0.266 e. The van der Waals surface area contributed by atoms with Crippen molar-refractivity contribution >= 4 is 0 Å². The summed E-state index contributed by atoms with van der Waals surface area (Å²) in [5, 5.41) is 0. The van der Waals surface area contributed by atoms with Gasteiger partial charge in [0, 0.05) is 6.20 Å². The van der Waals surface area contributed by atoms with Gasteiger partial charge in [-0.1, -0.05) is 27.7 Å². The predicted molar refractivity (Wildman–Crippen MR) is 50.3 cm³/mol. The third kappa shape index (κ3) is 3.32. The molecule has 0 amide bonds. The van der Waals surface area contributed by atoms with E-state index in [0.717, 1.165) is 5.69 Å². The summed E-state index contributed by atoms with van der Waals surface area (Å²) in [5.41, 5.74) is 0.768. The van der Waals surface area contributed by atoms with Crippen molar-refractivity contribution in [3.8, 4) is 0 Å². The first-order chi connectivity index (χ1) is 5.70. The molecule has 0 fully saturated rings. The highest BCUT2D eigenvalue weighted by atomic mass is 16.1. The maximum atomic E-state index is 10.5. The molecule has 0 aliphatic carbocycles. The minimum absolute atomic E-state index is 0.149. The van der Waals surface area contributed by atoms with Crippen LogP contribution in [-0.2, 0) is 0 Å². The second-order valence-electron chi connectivity index (χ2n) is 2.49. The molecule has 1 heterocycles. The van der Waals surface area contributed by atoms with Crippen LogP contribution in [0.15, 0.2) is 17.2 Å². The molecule has 1 N–H and O–H groups in total. The first kappa shape index (κ1) is 10.9. The maximum Gasteiger partial charge on any atom is 0.266 e. The fraction of sp³-hybridized carbons (Fsp3) is 0.556. The Morgan fingerprint density at radius 3 is 2.33 bits per heavy atom. The summed E-state index contributed by atoms with van der Waals surface area (Å²) in [6.07, 6.45) is 2.95. The highest BCUT2D eigenvalue weighted by Gasteiger charge is 1.97. The van der Waals surface area contributed by atoms with Crippen LogP contribution in [0.5, 0.6) is 0 Å². The second kappa shape index (κ2) is 5.52. The van der Waals surface area contributed by atoms with Crippen molar-refractivity contribution < 1.29 is 0 Å². The normalized spacial score (nSPS) is 9.08. The van der Waals surface area contributed by atoms with Crippen LogP contribution in [0.1, 0.15) is 39.3 Å². The Kier molecular flexibility index (Phi) is 5.00. The van der Waals surface area contributed by atoms with Crippen molar-refractivity contribution in [1.29, 1.82) is 0 Å². The van der Waals surface area contributed by atoms with E-state index in [2.05, 4.69) is 9.97 Å². The highest BCUT2D eigenvalue weighted by molar-refractivity contribution is 4.99. The number of H-pyrrole nitrogens is 1. The van der Waals surface area contributed by atoms with Crippen LogP contribution in [0, 0.1) is 0 Å². The molecule has 68 valence electrons. The van der Waals surface area contributed by atoms with E-state index < -0.39 is 0 Å². The standard InChI is InChI=1S/C7H10N2O.C2H6/c1-5(2)6-3-9-7(10)4-8-6;1-2/h3-5H,1-2H3,(H,9,10);1-2H3. The van der Waals surface area contributed by atoms with E-state index in [-0.39, 0.29) is 5.56 Å². The molecule has 0 saturated carbocycles. The largest absolute Gasteiger partial charge is 0.326 e. The zero-order valence-corrected chi connectivity index (χ0v) is 8.09. The molecular weight excluding hydrogens is 152 g/mol. The first-order valence-electron chi connectivity index (χ1n) is 4.25. The average molecular weight is 168 g/mol. The zero-order chi connectivity index (χ0) is 9.56. The molecule has 0 unspecified atom stereocenters. The Morgan fingerprint density at radius 2 is 2.00 bits per heavy atom. The van der Waals surface area contributed by atoms with Gasteiger partial charge in [0.25, 0.3) is 5.56 Å². The van der Waals surface area contributed by atoms with E-state index in [1.54, 1.807) is 6.20 Å². The molecule has 0 spiro atoms. The van der Waals surface area contributed by atoms with Gasteiger partial charge in [0.1, 0.15) is 0 Å². The number of hydrogen-bond acceptors (Lipinski definition) is 2. The summed E-state index contributed by atoms with van der Waals surface area (Å²) in [6, 6.07) is 0. The van der Waals surface area contributed by atoms with Crippen LogP contribution >= 0.6 is 0 Å². The fourth-order valence-electron chi connectivity index (χ4n) is 0.669. The van der Waals surface area contributed by atoms with Gasteiger partial charge in [0.15, 0.2) is 0 Å². The number of hydrogen-bond donors (Lipinski definition) is 1. The van der Waals surface area contributed by atoms with Crippen LogP contribution < -0.4 is 5.56 Å². The topological polar surface area (TPSA) is 45.8 Å². The Hall–Kier alpha value is -1.12. The predicted octanol–water partition coefficient (Wildman–Crippen LogP) is 1.92. The molecule has 3 heteroatoms. The molecule has 0 aliphatic rings. The van der Waals surface area contributed by atoms with Gasteiger partial charge >= 0.3 is 0 Å². The Bertz CT molecular complexity index is 245. The summed E-state index contributed by atoms with van der Waals surface area (Å²) in [7, 11) is 0. The Balaban J connectivity index is 0.000000561. The van der Waals surface area contributed by atoms with Crippen molar-refractivity contribution in [1.82, 2.24) is 9.97 Å². The molecule has 0 radical (unpaired) electrons. The minimum atomic E-state index is -0.149. The van der Waals surface area contributed by atoms with Gasteiger partial charge in [-0.15, -0.1) is 0 Å². The van der Waals surface area contributed by atoms with Crippen molar-refractivity contribution in [3.63, 3.8) is 0 Å². The van der Waals surface area contributed by atoms with E-state index in [9.17, 15) is 4.79 Å². The zero-order valence-electron chi connectivity index (χ0n) is 8.09. The van der Waals surface area contributed by atoms with Crippen molar-refractivity contribution in [2.24, 2.45) is 0 Å². The lowest BCUT2D eigenvalue weighted by Gasteiger charge is -1.99. The number of nitrogens with one attached hydrogen (secondary N) is 1. The molecule has 12 heavy (non-hydrogen) atoms. The molecule has 1 aromatic rings. The minimum Gasteiger partial charge on any atom is -0.326 e. The number of rotatable bonds is 1. The van der Waals surface area contributed by atoms with Crippen LogP contribution in [-0.4, -0.2) is 9.97 Å². The van der Waals surface area contributed by atoms with Gasteiger partial charge in [-0.25, -0.2) is 0 Å². The Morgan fingerprint density at radius 1 is 1.42 bits per heavy atom. The fourth-order valence-corrected chi connectivity index (χ4v) is 0.669. The van der Waals surface area contributed by atoms with Gasteiger partial charge in [-0.2, -0.15) is 0 Å². The van der Waals surface area contributed by atoms with Crippen molar-refractivity contribution in [3.05, 3.63) is 28.4 Å². The monoisotopic (exact) mass is 168 g/mol. The molecule has 1 rings (SSSR count). The lowest BCUT2D eigenvalue weighted by molar-refractivity contribution is 0.807. The van der Waals surface area contributed by atoms with Gasteiger partial charge in [-0.3, -0.25) is 9.78 Å². The van der Waals surface area contributed by atoms with Gasteiger partial charge in [-0.05, 0) is 5.92 Å². The third-order valence-electron chi connectivity index (χ3n) is 1.28.